The number of nitrogens with two attached hydrogens (primary N) is 1. The molecular weight excluding hydrogens is 220 g/mol. The fourth-order valence-corrected chi connectivity index (χ4v) is 1.40. The Morgan fingerprint density at radius 2 is 1.88 bits per heavy atom. The van der Waals surface area contributed by atoms with Gasteiger partial charge in [0, 0.05) is 18.0 Å². The monoisotopic (exact) mass is 244 g/mol. The lowest BCUT2D eigenvalue weighted by Gasteiger charge is -2.29. The molecule has 0 aliphatic heterocycles. The molecule has 5 heteroatoms. The molecule has 0 atom stereocenters. The minimum atomic E-state index is -0.571. The maximum Gasteiger partial charge on any atom is 0.325 e. The van der Waals surface area contributed by atoms with Crippen LogP contribution in [0.15, 0.2) is 0 Å². The highest BCUT2D eigenvalue weighted by molar-refractivity contribution is 5.83. The van der Waals surface area contributed by atoms with Crippen LogP contribution in [0, 0.1) is 0 Å². The summed E-state index contributed by atoms with van der Waals surface area (Å²) in [6.07, 6.45) is 0.213. The quantitative estimate of drug-likeness (QED) is 0.705. The van der Waals surface area contributed by atoms with E-state index in [2.05, 4.69) is 0 Å². The van der Waals surface area contributed by atoms with Gasteiger partial charge in [0.15, 0.2) is 0 Å². The summed E-state index contributed by atoms with van der Waals surface area (Å²) in [6.45, 7) is 9.34. The van der Waals surface area contributed by atoms with Crippen molar-refractivity contribution in [3.05, 3.63) is 0 Å². The summed E-state index contributed by atoms with van der Waals surface area (Å²) in [5, 5.41) is 0. The van der Waals surface area contributed by atoms with Crippen LogP contribution >= 0.6 is 0 Å². The smallest absolute Gasteiger partial charge is 0.325 e. The third-order valence-electron chi connectivity index (χ3n) is 2.16. The van der Waals surface area contributed by atoms with Gasteiger partial charge in [-0.05, 0) is 34.6 Å². The first kappa shape index (κ1) is 15.9. The summed E-state index contributed by atoms with van der Waals surface area (Å²) >= 11 is 0. The van der Waals surface area contributed by atoms with Crippen LogP contribution in [0.3, 0.4) is 0 Å². The lowest BCUT2D eigenvalue weighted by atomic mass is 10.0. The third kappa shape index (κ3) is 6.94. The molecule has 17 heavy (non-hydrogen) atoms. The molecule has 2 N–H and O–H groups in total. The fourth-order valence-electron chi connectivity index (χ4n) is 1.40. The van der Waals surface area contributed by atoms with Gasteiger partial charge in [-0.2, -0.15) is 0 Å². The van der Waals surface area contributed by atoms with Gasteiger partial charge in [-0.25, -0.2) is 0 Å². The summed E-state index contributed by atoms with van der Waals surface area (Å²) in [5.41, 5.74) is 5.23. The number of hydrogen-bond acceptors (Lipinski definition) is 4. The van der Waals surface area contributed by atoms with Crippen LogP contribution in [0.1, 0.15) is 41.0 Å². The number of carbonyl (C=O) groups excluding carboxylic acids is 2. The molecule has 0 aliphatic rings. The van der Waals surface area contributed by atoms with Crippen LogP contribution in [0.2, 0.25) is 0 Å². The SMILES string of the molecule is CCOC(=O)CN(C(=O)CC(C)(C)N)C(C)C. The highest BCUT2D eigenvalue weighted by Crippen LogP contribution is 2.10. The lowest BCUT2D eigenvalue weighted by Crippen LogP contribution is -2.46. The molecule has 0 aromatic carbocycles. The average Bonchev–Trinajstić information content (AvgIpc) is 2.11. The Labute approximate surface area is 103 Å². The van der Waals surface area contributed by atoms with E-state index in [9.17, 15) is 9.59 Å². The van der Waals surface area contributed by atoms with E-state index in [1.54, 1.807) is 20.8 Å². The van der Waals surface area contributed by atoms with Crippen molar-refractivity contribution in [2.45, 2.75) is 52.6 Å². The molecule has 0 bridgehead atoms. The van der Waals surface area contributed by atoms with Gasteiger partial charge >= 0.3 is 5.97 Å². The van der Waals surface area contributed by atoms with E-state index >= 15 is 0 Å². The van der Waals surface area contributed by atoms with Crippen LogP contribution in [0.5, 0.6) is 0 Å². The Balaban J connectivity index is 4.53. The number of ether oxygens (including phenoxy) is 1. The number of rotatable bonds is 6. The molecule has 0 rings (SSSR count). The molecule has 0 fully saturated rings. The van der Waals surface area contributed by atoms with Crippen molar-refractivity contribution in [2.24, 2.45) is 5.73 Å². The van der Waals surface area contributed by atoms with Gasteiger partial charge in [0.1, 0.15) is 6.54 Å². The van der Waals surface area contributed by atoms with Gasteiger partial charge in [0.25, 0.3) is 0 Å². The third-order valence-corrected chi connectivity index (χ3v) is 2.16. The van der Waals surface area contributed by atoms with Gasteiger partial charge in [-0.3, -0.25) is 9.59 Å². The maximum atomic E-state index is 12.0. The maximum absolute atomic E-state index is 12.0. The second-order valence-corrected chi connectivity index (χ2v) is 5.09. The molecule has 0 saturated heterocycles. The van der Waals surface area contributed by atoms with Crippen LogP contribution in [-0.4, -0.2) is 41.5 Å². The molecule has 0 radical (unpaired) electrons. The van der Waals surface area contributed by atoms with Gasteiger partial charge in [-0.15, -0.1) is 0 Å². The van der Waals surface area contributed by atoms with E-state index in [-0.39, 0.29) is 30.9 Å². The normalized spacial score (nSPS) is 11.5. The van der Waals surface area contributed by atoms with Crippen LogP contribution < -0.4 is 5.73 Å². The predicted molar refractivity (Wildman–Crippen MR) is 66.4 cm³/mol. The first-order valence-electron chi connectivity index (χ1n) is 5.91. The highest BCUT2D eigenvalue weighted by atomic mass is 16.5. The van der Waals surface area contributed by atoms with E-state index in [4.69, 9.17) is 10.5 Å². The minimum absolute atomic E-state index is 0.0135. The molecule has 0 aromatic rings. The van der Waals surface area contributed by atoms with Crippen LogP contribution in [0.25, 0.3) is 0 Å². The first-order valence-corrected chi connectivity index (χ1v) is 5.91. The van der Waals surface area contributed by atoms with Crippen molar-refractivity contribution in [2.75, 3.05) is 13.2 Å². The number of amides is 1. The van der Waals surface area contributed by atoms with E-state index in [1.165, 1.54) is 4.90 Å². The summed E-state index contributed by atoms with van der Waals surface area (Å²) in [5.74, 6) is -0.509. The summed E-state index contributed by atoms with van der Waals surface area (Å²) in [7, 11) is 0. The largest absolute Gasteiger partial charge is 0.465 e. The number of hydrogen-bond donors (Lipinski definition) is 1. The Bertz CT molecular complexity index is 269. The molecule has 0 unspecified atom stereocenters. The molecule has 0 aliphatic carbocycles. The molecule has 1 amide bonds. The predicted octanol–water partition coefficient (Wildman–Crippen LogP) is 0.914. The summed E-state index contributed by atoms with van der Waals surface area (Å²) in [6, 6.07) is -0.0470. The number of esters is 1. The van der Waals surface area contributed by atoms with E-state index in [0.717, 1.165) is 0 Å². The van der Waals surface area contributed by atoms with Gasteiger partial charge < -0.3 is 15.4 Å². The lowest BCUT2D eigenvalue weighted by molar-refractivity contribution is -0.150. The molecule has 0 saturated carbocycles. The zero-order valence-electron chi connectivity index (χ0n) is 11.4. The van der Waals surface area contributed by atoms with Crippen molar-refractivity contribution >= 4 is 11.9 Å². The molecule has 0 aromatic heterocycles. The van der Waals surface area contributed by atoms with Crippen molar-refractivity contribution in [1.29, 1.82) is 0 Å². The van der Waals surface area contributed by atoms with Crippen LogP contribution in [0.4, 0.5) is 0 Å². The fraction of sp³-hybridized carbons (Fsp3) is 0.833. The topological polar surface area (TPSA) is 72.6 Å². The van der Waals surface area contributed by atoms with E-state index in [1.807, 2.05) is 13.8 Å². The first-order chi connectivity index (χ1) is 7.67. The van der Waals surface area contributed by atoms with Crippen molar-refractivity contribution in [3.8, 4) is 0 Å². The summed E-state index contributed by atoms with van der Waals surface area (Å²) in [4.78, 5) is 24.9. The Hall–Kier alpha value is -1.10. The highest BCUT2D eigenvalue weighted by Gasteiger charge is 2.25. The van der Waals surface area contributed by atoms with E-state index in [0.29, 0.717) is 6.61 Å². The number of nitrogens with zero attached hydrogens (tertiary/aromatic N) is 1. The van der Waals surface area contributed by atoms with E-state index < -0.39 is 5.54 Å². The standard InChI is InChI=1S/C12H24N2O3/c1-6-17-11(16)8-14(9(2)3)10(15)7-12(4,5)13/h9H,6-8,13H2,1-5H3. The molecular formula is C12H24N2O3. The van der Waals surface area contributed by atoms with Gasteiger partial charge in [0.2, 0.25) is 5.91 Å². The van der Waals surface area contributed by atoms with Gasteiger partial charge in [0.05, 0.1) is 6.61 Å². The zero-order valence-corrected chi connectivity index (χ0v) is 11.4. The minimum Gasteiger partial charge on any atom is -0.465 e. The van der Waals surface area contributed by atoms with Crippen molar-refractivity contribution in [3.63, 3.8) is 0 Å². The zero-order chi connectivity index (χ0) is 13.6. The van der Waals surface area contributed by atoms with Crippen LogP contribution in [-0.2, 0) is 14.3 Å². The summed E-state index contributed by atoms with van der Waals surface area (Å²) < 4.78 is 4.84. The molecule has 100 valence electrons. The average molecular weight is 244 g/mol. The van der Waals surface area contributed by atoms with Crippen molar-refractivity contribution < 1.29 is 14.3 Å². The Morgan fingerprint density at radius 1 is 1.35 bits per heavy atom. The number of carbonyl (C=O) groups is 2. The molecule has 5 nitrogen and oxygen atoms in total. The Morgan fingerprint density at radius 3 is 2.24 bits per heavy atom. The molecule has 0 heterocycles. The van der Waals surface area contributed by atoms with Crippen molar-refractivity contribution in [1.82, 2.24) is 4.90 Å². The second kappa shape index (κ2) is 6.59. The second-order valence-electron chi connectivity index (χ2n) is 5.09. The van der Waals surface area contributed by atoms with Gasteiger partial charge in [-0.1, -0.05) is 0 Å². The molecule has 0 spiro atoms. The Kier molecular flexibility index (Phi) is 6.16.